The second kappa shape index (κ2) is 2.79. The average Bonchev–Trinajstić information content (AvgIpc) is 1.96. The molecule has 0 aliphatic carbocycles. The number of nitrogen functional groups attached to an aromatic ring is 1. The maximum atomic E-state index is 5.75. The minimum absolute atomic E-state index is 0.847. The molecule has 0 aliphatic rings. The molecule has 1 heteroatoms. The Morgan fingerprint density at radius 2 is 2.00 bits per heavy atom. The average molecular weight is 147 g/mol. The van der Waals surface area contributed by atoms with Gasteiger partial charge in [-0.25, -0.2) is 0 Å². The minimum atomic E-state index is 0.847. The molecule has 1 aromatic carbocycles. The van der Waals surface area contributed by atoms with Crippen LogP contribution in [0.5, 0.6) is 0 Å². The van der Waals surface area contributed by atoms with Gasteiger partial charge in [0.05, 0.1) is 0 Å². The SMILES string of the molecule is C=Cc1cc(C)cc(N)c1C. The molecule has 1 aromatic rings. The molecule has 11 heavy (non-hydrogen) atoms. The topological polar surface area (TPSA) is 26.0 Å². The number of nitrogens with two attached hydrogens (primary N) is 1. The van der Waals surface area contributed by atoms with E-state index in [1.54, 1.807) is 0 Å². The van der Waals surface area contributed by atoms with Gasteiger partial charge in [0.2, 0.25) is 0 Å². The Kier molecular flexibility index (Phi) is 1.99. The van der Waals surface area contributed by atoms with E-state index in [1.807, 2.05) is 26.0 Å². The van der Waals surface area contributed by atoms with Crippen LogP contribution in [0.2, 0.25) is 0 Å². The van der Waals surface area contributed by atoms with Crippen molar-refractivity contribution < 1.29 is 0 Å². The third kappa shape index (κ3) is 1.43. The zero-order chi connectivity index (χ0) is 8.43. The lowest BCUT2D eigenvalue weighted by Crippen LogP contribution is -1.92. The number of benzene rings is 1. The minimum Gasteiger partial charge on any atom is -0.398 e. The van der Waals surface area contributed by atoms with Gasteiger partial charge in [0.1, 0.15) is 0 Å². The van der Waals surface area contributed by atoms with Crippen LogP contribution in [0.1, 0.15) is 16.7 Å². The zero-order valence-electron chi connectivity index (χ0n) is 7.02. The zero-order valence-corrected chi connectivity index (χ0v) is 7.02. The van der Waals surface area contributed by atoms with Crippen LogP contribution in [0.15, 0.2) is 18.7 Å². The van der Waals surface area contributed by atoms with Crippen LogP contribution in [0.3, 0.4) is 0 Å². The van der Waals surface area contributed by atoms with Crippen molar-refractivity contribution in [3.63, 3.8) is 0 Å². The van der Waals surface area contributed by atoms with Crippen LogP contribution in [0, 0.1) is 13.8 Å². The highest BCUT2D eigenvalue weighted by molar-refractivity contribution is 5.62. The summed E-state index contributed by atoms with van der Waals surface area (Å²) in [5, 5.41) is 0. The Morgan fingerprint density at radius 1 is 1.36 bits per heavy atom. The Balaban J connectivity index is 3.35. The number of anilines is 1. The molecule has 0 bridgehead atoms. The Morgan fingerprint density at radius 3 is 2.55 bits per heavy atom. The van der Waals surface area contributed by atoms with Crippen molar-refractivity contribution in [3.05, 3.63) is 35.4 Å². The largest absolute Gasteiger partial charge is 0.398 e. The smallest absolute Gasteiger partial charge is 0.0352 e. The third-order valence-electron chi connectivity index (χ3n) is 1.85. The molecule has 0 spiro atoms. The summed E-state index contributed by atoms with van der Waals surface area (Å²) in [6.45, 7) is 7.75. The van der Waals surface area contributed by atoms with E-state index in [1.165, 1.54) is 5.56 Å². The first-order chi connectivity index (χ1) is 5.15. The maximum absolute atomic E-state index is 5.75. The van der Waals surface area contributed by atoms with E-state index in [0.717, 1.165) is 16.8 Å². The van der Waals surface area contributed by atoms with Gasteiger partial charge in [-0.1, -0.05) is 18.7 Å². The summed E-state index contributed by atoms with van der Waals surface area (Å²) in [5.41, 5.74) is 10.0. The number of hydrogen-bond acceptors (Lipinski definition) is 1. The number of hydrogen-bond donors (Lipinski definition) is 1. The van der Waals surface area contributed by atoms with Gasteiger partial charge in [0.15, 0.2) is 0 Å². The van der Waals surface area contributed by atoms with Gasteiger partial charge in [-0.2, -0.15) is 0 Å². The molecule has 0 unspecified atom stereocenters. The van der Waals surface area contributed by atoms with Crippen molar-refractivity contribution in [2.75, 3.05) is 5.73 Å². The highest BCUT2D eigenvalue weighted by atomic mass is 14.6. The summed E-state index contributed by atoms with van der Waals surface area (Å²) >= 11 is 0. The van der Waals surface area contributed by atoms with E-state index in [4.69, 9.17) is 5.73 Å². The van der Waals surface area contributed by atoms with Crippen LogP contribution in [-0.4, -0.2) is 0 Å². The lowest BCUT2D eigenvalue weighted by molar-refractivity contribution is 1.38. The molecule has 0 amide bonds. The van der Waals surface area contributed by atoms with Gasteiger partial charge < -0.3 is 5.73 Å². The molecule has 0 atom stereocenters. The van der Waals surface area contributed by atoms with Gasteiger partial charge >= 0.3 is 0 Å². The van der Waals surface area contributed by atoms with E-state index in [0.29, 0.717) is 0 Å². The molecular weight excluding hydrogens is 134 g/mol. The molecule has 0 saturated carbocycles. The van der Waals surface area contributed by atoms with Crippen molar-refractivity contribution in [2.24, 2.45) is 0 Å². The fraction of sp³-hybridized carbons (Fsp3) is 0.200. The summed E-state index contributed by atoms with van der Waals surface area (Å²) in [4.78, 5) is 0. The van der Waals surface area contributed by atoms with E-state index >= 15 is 0 Å². The third-order valence-corrected chi connectivity index (χ3v) is 1.85. The molecule has 0 aromatic heterocycles. The first-order valence-corrected chi connectivity index (χ1v) is 3.64. The predicted molar refractivity (Wildman–Crippen MR) is 50.4 cm³/mol. The van der Waals surface area contributed by atoms with Crippen LogP contribution in [-0.2, 0) is 0 Å². The van der Waals surface area contributed by atoms with E-state index < -0.39 is 0 Å². The molecule has 0 aliphatic heterocycles. The Bertz CT molecular complexity index is 287. The molecule has 0 radical (unpaired) electrons. The van der Waals surface area contributed by atoms with Crippen LogP contribution in [0.25, 0.3) is 6.08 Å². The number of rotatable bonds is 1. The lowest BCUT2D eigenvalue weighted by atomic mass is 10.0. The lowest BCUT2D eigenvalue weighted by Gasteiger charge is -2.05. The van der Waals surface area contributed by atoms with E-state index in [9.17, 15) is 0 Å². The van der Waals surface area contributed by atoms with E-state index in [2.05, 4.69) is 12.6 Å². The van der Waals surface area contributed by atoms with Gasteiger partial charge in [-0.15, -0.1) is 0 Å². The summed E-state index contributed by atoms with van der Waals surface area (Å²) in [7, 11) is 0. The molecule has 2 N–H and O–H groups in total. The quantitative estimate of drug-likeness (QED) is 0.607. The molecule has 1 nitrogen and oxygen atoms in total. The molecule has 1 rings (SSSR count). The highest BCUT2D eigenvalue weighted by Gasteiger charge is 1.98. The number of aryl methyl sites for hydroxylation is 1. The molecule has 0 heterocycles. The summed E-state index contributed by atoms with van der Waals surface area (Å²) in [6.07, 6.45) is 1.83. The molecular formula is C10H13N. The Labute approximate surface area is 67.5 Å². The molecule has 0 fully saturated rings. The maximum Gasteiger partial charge on any atom is 0.0352 e. The Hall–Kier alpha value is -1.24. The van der Waals surface area contributed by atoms with Gasteiger partial charge in [0.25, 0.3) is 0 Å². The standard InChI is InChI=1S/C10H13N/c1-4-9-5-7(2)6-10(11)8(9)3/h4-6H,1,11H2,2-3H3. The predicted octanol–water partition coefficient (Wildman–Crippen LogP) is 2.53. The van der Waals surface area contributed by atoms with Gasteiger partial charge in [0, 0.05) is 5.69 Å². The first-order valence-electron chi connectivity index (χ1n) is 3.64. The second-order valence-corrected chi connectivity index (χ2v) is 2.77. The van der Waals surface area contributed by atoms with Crippen molar-refractivity contribution in [3.8, 4) is 0 Å². The van der Waals surface area contributed by atoms with Gasteiger partial charge in [-0.05, 0) is 36.6 Å². The van der Waals surface area contributed by atoms with Gasteiger partial charge in [-0.3, -0.25) is 0 Å². The van der Waals surface area contributed by atoms with Crippen LogP contribution >= 0.6 is 0 Å². The van der Waals surface area contributed by atoms with Crippen molar-refractivity contribution >= 4 is 11.8 Å². The van der Waals surface area contributed by atoms with Crippen molar-refractivity contribution in [2.45, 2.75) is 13.8 Å². The van der Waals surface area contributed by atoms with Crippen molar-refractivity contribution in [1.29, 1.82) is 0 Å². The van der Waals surface area contributed by atoms with Crippen molar-refractivity contribution in [1.82, 2.24) is 0 Å². The fourth-order valence-corrected chi connectivity index (χ4v) is 1.13. The summed E-state index contributed by atoms with van der Waals surface area (Å²) < 4.78 is 0. The van der Waals surface area contributed by atoms with Crippen LogP contribution in [0.4, 0.5) is 5.69 Å². The van der Waals surface area contributed by atoms with Crippen LogP contribution < -0.4 is 5.73 Å². The second-order valence-electron chi connectivity index (χ2n) is 2.77. The summed E-state index contributed by atoms with van der Waals surface area (Å²) in [5.74, 6) is 0. The fourth-order valence-electron chi connectivity index (χ4n) is 1.13. The summed E-state index contributed by atoms with van der Waals surface area (Å²) in [6, 6.07) is 4.06. The molecule has 58 valence electrons. The normalized spacial score (nSPS) is 9.64. The monoisotopic (exact) mass is 147 g/mol. The molecule has 0 saturated heterocycles. The highest BCUT2D eigenvalue weighted by Crippen LogP contribution is 2.18. The van der Waals surface area contributed by atoms with E-state index in [-0.39, 0.29) is 0 Å². The first kappa shape index (κ1) is 7.86.